The molecule has 3 fully saturated rings. The van der Waals surface area contributed by atoms with Gasteiger partial charge in [0.15, 0.2) is 0 Å². The van der Waals surface area contributed by atoms with E-state index >= 15 is 0 Å². The lowest BCUT2D eigenvalue weighted by Crippen LogP contribution is -2.59. The molecule has 1 heterocycles. The summed E-state index contributed by atoms with van der Waals surface area (Å²) in [6.07, 6.45) is 2.84. The highest BCUT2D eigenvalue weighted by atomic mass is 79.9. The molecule has 3 saturated carbocycles. The molecule has 2 bridgehead atoms. The summed E-state index contributed by atoms with van der Waals surface area (Å²) in [5.74, 6) is 2.71. The Morgan fingerprint density at radius 2 is 2.17 bits per heavy atom. The van der Waals surface area contributed by atoms with E-state index in [0.29, 0.717) is 5.41 Å². The first-order valence-corrected chi connectivity index (χ1v) is 8.57. The molecular formula is C15H22BrNS. The van der Waals surface area contributed by atoms with Gasteiger partial charge < -0.3 is 5.32 Å². The third-order valence-electron chi connectivity index (χ3n) is 5.52. The van der Waals surface area contributed by atoms with Gasteiger partial charge in [0.2, 0.25) is 0 Å². The number of rotatable bonds is 3. The molecule has 0 radical (unpaired) electrons. The zero-order valence-electron chi connectivity index (χ0n) is 11.4. The average Bonchev–Trinajstić information content (AvgIpc) is 2.73. The number of fused-ring (bicyclic) bond motifs is 2. The van der Waals surface area contributed by atoms with Crippen molar-refractivity contribution in [3.8, 4) is 0 Å². The fourth-order valence-corrected chi connectivity index (χ4v) is 5.53. The SMILES string of the molecule is C[C@@H]1[C@H]2CC(C[C@H]1NCc1ccc(Br)s1)C2(C)C. The lowest BCUT2D eigenvalue weighted by atomic mass is 9.45. The summed E-state index contributed by atoms with van der Waals surface area (Å²) in [5, 5.41) is 3.79. The van der Waals surface area contributed by atoms with Crippen molar-refractivity contribution in [2.24, 2.45) is 23.2 Å². The second kappa shape index (κ2) is 4.60. The van der Waals surface area contributed by atoms with Crippen LogP contribution in [-0.4, -0.2) is 6.04 Å². The first kappa shape index (κ1) is 13.1. The molecule has 3 heteroatoms. The van der Waals surface area contributed by atoms with Crippen LogP contribution in [0.2, 0.25) is 0 Å². The molecule has 1 nitrogen and oxygen atoms in total. The van der Waals surface area contributed by atoms with Gasteiger partial charge in [-0.3, -0.25) is 0 Å². The van der Waals surface area contributed by atoms with Crippen LogP contribution in [0.1, 0.15) is 38.5 Å². The minimum Gasteiger partial charge on any atom is -0.309 e. The molecule has 1 unspecified atom stereocenters. The number of thiophene rings is 1. The van der Waals surface area contributed by atoms with Gasteiger partial charge in [-0.2, -0.15) is 0 Å². The Labute approximate surface area is 122 Å². The maximum absolute atomic E-state index is 3.79. The molecule has 3 aliphatic rings. The number of nitrogens with one attached hydrogen (secondary N) is 1. The van der Waals surface area contributed by atoms with E-state index in [1.807, 2.05) is 11.3 Å². The maximum atomic E-state index is 3.79. The molecule has 0 spiro atoms. The summed E-state index contributed by atoms with van der Waals surface area (Å²) in [6.45, 7) is 8.42. The molecule has 1 N–H and O–H groups in total. The van der Waals surface area contributed by atoms with E-state index in [1.165, 1.54) is 21.5 Å². The van der Waals surface area contributed by atoms with Crippen molar-refractivity contribution < 1.29 is 0 Å². The molecule has 1 aromatic rings. The van der Waals surface area contributed by atoms with Crippen molar-refractivity contribution >= 4 is 27.3 Å². The molecule has 4 rings (SSSR count). The number of hydrogen-bond acceptors (Lipinski definition) is 2. The lowest BCUT2D eigenvalue weighted by Gasteiger charge is -2.62. The second-order valence-corrected chi connectivity index (χ2v) is 9.20. The van der Waals surface area contributed by atoms with E-state index in [2.05, 4.69) is 54.2 Å². The third-order valence-corrected chi connectivity index (χ3v) is 7.15. The molecule has 1 aromatic heterocycles. The highest BCUT2D eigenvalue weighted by Gasteiger charge is 2.55. The van der Waals surface area contributed by atoms with Crippen molar-refractivity contribution in [1.82, 2.24) is 5.32 Å². The van der Waals surface area contributed by atoms with Crippen molar-refractivity contribution in [1.29, 1.82) is 0 Å². The Morgan fingerprint density at radius 3 is 2.72 bits per heavy atom. The highest BCUT2D eigenvalue weighted by Crippen LogP contribution is 2.61. The largest absolute Gasteiger partial charge is 0.309 e. The molecular weight excluding hydrogens is 306 g/mol. The molecule has 4 atom stereocenters. The van der Waals surface area contributed by atoms with Gasteiger partial charge in [0, 0.05) is 17.5 Å². The summed E-state index contributed by atoms with van der Waals surface area (Å²) in [6, 6.07) is 5.09. The summed E-state index contributed by atoms with van der Waals surface area (Å²) >= 11 is 5.38. The monoisotopic (exact) mass is 327 g/mol. The Bertz CT molecular complexity index is 439. The van der Waals surface area contributed by atoms with E-state index < -0.39 is 0 Å². The van der Waals surface area contributed by atoms with Gasteiger partial charge in [0.05, 0.1) is 3.79 Å². The minimum atomic E-state index is 0.601. The molecule has 18 heavy (non-hydrogen) atoms. The Morgan fingerprint density at radius 1 is 1.39 bits per heavy atom. The normalized spacial score (nSPS) is 37.3. The summed E-state index contributed by atoms with van der Waals surface area (Å²) in [4.78, 5) is 1.44. The summed E-state index contributed by atoms with van der Waals surface area (Å²) < 4.78 is 1.24. The van der Waals surface area contributed by atoms with Crippen LogP contribution in [0, 0.1) is 23.2 Å². The fourth-order valence-electron chi connectivity index (χ4n) is 4.10. The highest BCUT2D eigenvalue weighted by molar-refractivity contribution is 9.11. The first-order valence-electron chi connectivity index (χ1n) is 6.96. The van der Waals surface area contributed by atoms with E-state index in [1.54, 1.807) is 0 Å². The first-order chi connectivity index (χ1) is 8.48. The average molecular weight is 328 g/mol. The number of hydrogen-bond donors (Lipinski definition) is 1. The predicted molar refractivity (Wildman–Crippen MR) is 81.8 cm³/mol. The topological polar surface area (TPSA) is 12.0 Å². The quantitative estimate of drug-likeness (QED) is 0.850. The predicted octanol–water partition coefficient (Wildman–Crippen LogP) is 4.67. The van der Waals surface area contributed by atoms with Crippen LogP contribution in [0.3, 0.4) is 0 Å². The van der Waals surface area contributed by atoms with E-state index in [0.717, 1.165) is 30.3 Å². The summed E-state index contributed by atoms with van der Waals surface area (Å²) in [7, 11) is 0. The molecule has 0 amide bonds. The maximum Gasteiger partial charge on any atom is 0.0701 e. The van der Waals surface area contributed by atoms with E-state index in [4.69, 9.17) is 0 Å². The van der Waals surface area contributed by atoms with Gasteiger partial charge in [-0.05, 0) is 64.1 Å². The van der Waals surface area contributed by atoms with Crippen molar-refractivity contribution in [2.75, 3.05) is 0 Å². The third kappa shape index (κ3) is 2.08. The standard InChI is InChI=1S/C15H22BrNS/c1-9-12-6-10(15(12,2)3)7-13(9)17-8-11-4-5-14(16)18-11/h4-5,9-10,12-13,17H,6-8H2,1-3H3/t9-,10?,12-,13-/m1/s1. The van der Waals surface area contributed by atoms with Crippen LogP contribution in [0.4, 0.5) is 0 Å². The van der Waals surface area contributed by atoms with Gasteiger partial charge >= 0.3 is 0 Å². The van der Waals surface area contributed by atoms with Crippen molar-refractivity contribution in [3.63, 3.8) is 0 Å². The Kier molecular flexibility index (Phi) is 3.36. The van der Waals surface area contributed by atoms with Crippen LogP contribution in [0.15, 0.2) is 15.9 Å². The van der Waals surface area contributed by atoms with Gasteiger partial charge in [-0.15, -0.1) is 11.3 Å². The van der Waals surface area contributed by atoms with Crippen molar-refractivity contribution in [3.05, 3.63) is 20.8 Å². The van der Waals surface area contributed by atoms with Crippen LogP contribution >= 0.6 is 27.3 Å². The van der Waals surface area contributed by atoms with Gasteiger partial charge in [-0.25, -0.2) is 0 Å². The molecule has 0 aliphatic heterocycles. The zero-order valence-corrected chi connectivity index (χ0v) is 13.8. The van der Waals surface area contributed by atoms with Crippen LogP contribution in [0.25, 0.3) is 0 Å². The van der Waals surface area contributed by atoms with E-state index in [-0.39, 0.29) is 0 Å². The Balaban J connectivity index is 1.59. The zero-order chi connectivity index (χ0) is 12.9. The summed E-state index contributed by atoms with van der Waals surface area (Å²) in [5.41, 5.74) is 0.601. The molecule has 0 saturated heterocycles. The second-order valence-electron chi connectivity index (χ2n) is 6.65. The van der Waals surface area contributed by atoms with E-state index in [9.17, 15) is 0 Å². The molecule has 100 valence electrons. The minimum absolute atomic E-state index is 0.601. The van der Waals surface area contributed by atoms with Gasteiger partial charge in [0.25, 0.3) is 0 Å². The smallest absolute Gasteiger partial charge is 0.0701 e. The van der Waals surface area contributed by atoms with Crippen LogP contribution < -0.4 is 5.32 Å². The van der Waals surface area contributed by atoms with Gasteiger partial charge in [0.1, 0.15) is 0 Å². The lowest BCUT2D eigenvalue weighted by molar-refractivity contribution is -0.115. The Hall–Kier alpha value is 0.140. The fraction of sp³-hybridized carbons (Fsp3) is 0.733. The molecule has 3 aliphatic carbocycles. The number of halogens is 1. The van der Waals surface area contributed by atoms with Crippen LogP contribution in [0.5, 0.6) is 0 Å². The molecule has 0 aromatic carbocycles. The van der Waals surface area contributed by atoms with Crippen LogP contribution in [-0.2, 0) is 6.54 Å². The van der Waals surface area contributed by atoms with Crippen molar-refractivity contribution in [2.45, 2.75) is 46.2 Å². The van der Waals surface area contributed by atoms with Gasteiger partial charge in [-0.1, -0.05) is 20.8 Å².